The van der Waals surface area contributed by atoms with Crippen LogP contribution in [0.1, 0.15) is 21.6 Å². The summed E-state index contributed by atoms with van der Waals surface area (Å²) in [6.45, 7) is 2.24. The van der Waals surface area contributed by atoms with Gasteiger partial charge in [0.2, 0.25) is 0 Å². The van der Waals surface area contributed by atoms with E-state index in [1.807, 2.05) is 13.2 Å². The quantitative estimate of drug-likeness (QED) is 0.834. The van der Waals surface area contributed by atoms with E-state index in [1.54, 1.807) is 23.9 Å². The first-order chi connectivity index (χ1) is 9.06. The molecule has 6 heteroatoms. The highest BCUT2D eigenvalue weighted by Gasteiger charge is 2.09. The van der Waals surface area contributed by atoms with E-state index in [0.29, 0.717) is 13.0 Å². The summed E-state index contributed by atoms with van der Waals surface area (Å²) in [5.74, 6) is -0.356. The molecule has 2 aromatic rings. The SMILES string of the molecule is Cc1ccc(C(=O)NCCc2cnn(C)c2)c(=O)[nH]1. The molecule has 0 fully saturated rings. The molecular weight excluding hydrogens is 244 g/mol. The molecule has 19 heavy (non-hydrogen) atoms. The van der Waals surface area contributed by atoms with Crippen molar-refractivity contribution in [3.05, 3.63) is 51.7 Å². The largest absolute Gasteiger partial charge is 0.352 e. The zero-order valence-corrected chi connectivity index (χ0v) is 10.9. The molecule has 0 aromatic carbocycles. The van der Waals surface area contributed by atoms with E-state index in [0.717, 1.165) is 11.3 Å². The second-order valence-electron chi connectivity index (χ2n) is 4.41. The Morgan fingerprint density at radius 2 is 2.26 bits per heavy atom. The van der Waals surface area contributed by atoms with Crippen LogP contribution in [0.2, 0.25) is 0 Å². The van der Waals surface area contributed by atoms with E-state index in [1.165, 1.54) is 6.07 Å². The lowest BCUT2D eigenvalue weighted by atomic mass is 10.2. The number of nitrogens with zero attached hydrogens (tertiary/aromatic N) is 2. The summed E-state index contributed by atoms with van der Waals surface area (Å²) in [6.07, 6.45) is 4.33. The summed E-state index contributed by atoms with van der Waals surface area (Å²) in [5.41, 5.74) is 1.55. The average molecular weight is 260 g/mol. The Bertz CT molecular complexity index is 642. The van der Waals surface area contributed by atoms with E-state index in [9.17, 15) is 9.59 Å². The van der Waals surface area contributed by atoms with Crippen LogP contribution >= 0.6 is 0 Å². The first kappa shape index (κ1) is 13.1. The van der Waals surface area contributed by atoms with Crippen LogP contribution in [0.15, 0.2) is 29.3 Å². The number of aromatic amines is 1. The number of carbonyl (C=O) groups is 1. The van der Waals surface area contributed by atoms with Crippen LogP contribution in [0.3, 0.4) is 0 Å². The van der Waals surface area contributed by atoms with Gasteiger partial charge in [-0.05, 0) is 31.0 Å². The standard InChI is InChI=1S/C13H16N4O2/c1-9-3-4-11(13(19)16-9)12(18)14-6-5-10-7-15-17(2)8-10/h3-4,7-8H,5-6H2,1-2H3,(H,14,18)(H,16,19). The predicted molar refractivity (Wildman–Crippen MR) is 71.0 cm³/mol. The summed E-state index contributed by atoms with van der Waals surface area (Å²) in [5, 5.41) is 6.77. The van der Waals surface area contributed by atoms with E-state index >= 15 is 0 Å². The van der Waals surface area contributed by atoms with Crippen LogP contribution in [0.5, 0.6) is 0 Å². The van der Waals surface area contributed by atoms with E-state index in [2.05, 4.69) is 15.4 Å². The van der Waals surface area contributed by atoms with Crippen molar-refractivity contribution >= 4 is 5.91 Å². The fourth-order valence-corrected chi connectivity index (χ4v) is 1.77. The number of carbonyl (C=O) groups excluding carboxylic acids is 1. The number of aromatic nitrogens is 3. The van der Waals surface area contributed by atoms with Gasteiger partial charge in [-0.25, -0.2) is 0 Å². The first-order valence-corrected chi connectivity index (χ1v) is 6.02. The lowest BCUT2D eigenvalue weighted by Gasteiger charge is -2.03. The second-order valence-corrected chi connectivity index (χ2v) is 4.41. The molecule has 0 spiro atoms. The summed E-state index contributed by atoms with van der Waals surface area (Å²) in [7, 11) is 1.84. The predicted octanol–water partition coefficient (Wildman–Crippen LogP) is 0.389. The first-order valence-electron chi connectivity index (χ1n) is 6.02. The molecular formula is C13H16N4O2. The number of H-pyrrole nitrogens is 1. The highest BCUT2D eigenvalue weighted by Crippen LogP contribution is 1.97. The van der Waals surface area contributed by atoms with Gasteiger partial charge in [0.15, 0.2) is 0 Å². The van der Waals surface area contributed by atoms with Crippen molar-refractivity contribution in [1.82, 2.24) is 20.1 Å². The van der Waals surface area contributed by atoms with Crippen LogP contribution in [0, 0.1) is 6.92 Å². The Balaban J connectivity index is 1.92. The maximum atomic E-state index is 11.8. The number of aryl methyl sites for hydroxylation is 2. The van der Waals surface area contributed by atoms with E-state index in [-0.39, 0.29) is 17.0 Å². The molecule has 1 amide bonds. The number of pyridine rings is 1. The van der Waals surface area contributed by atoms with Gasteiger partial charge in [-0.3, -0.25) is 14.3 Å². The highest BCUT2D eigenvalue weighted by atomic mass is 16.2. The zero-order valence-electron chi connectivity index (χ0n) is 10.9. The molecule has 0 saturated carbocycles. The van der Waals surface area contributed by atoms with Crippen LogP contribution in [0.4, 0.5) is 0 Å². The summed E-state index contributed by atoms with van der Waals surface area (Å²) in [4.78, 5) is 26.0. The maximum Gasteiger partial charge on any atom is 0.260 e. The van der Waals surface area contributed by atoms with Crippen LogP contribution < -0.4 is 10.9 Å². The highest BCUT2D eigenvalue weighted by molar-refractivity contribution is 5.93. The Labute approximate surface area is 110 Å². The van der Waals surface area contributed by atoms with Gasteiger partial charge in [0.25, 0.3) is 11.5 Å². The zero-order chi connectivity index (χ0) is 13.8. The normalized spacial score (nSPS) is 10.4. The number of hydrogen-bond acceptors (Lipinski definition) is 3. The third kappa shape index (κ3) is 3.31. The number of rotatable bonds is 4. The second kappa shape index (κ2) is 5.51. The number of amides is 1. The molecule has 0 atom stereocenters. The summed E-state index contributed by atoms with van der Waals surface area (Å²) >= 11 is 0. The van der Waals surface area contributed by atoms with Crippen molar-refractivity contribution in [3.8, 4) is 0 Å². The molecule has 0 saturated heterocycles. The van der Waals surface area contributed by atoms with Crippen molar-refractivity contribution < 1.29 is 4.79 Å². The van der Waals surface area contributed by atoms with Gasteiger partial charge in [-0.1, -0.05) is 0 Å². The molecule has 0 aliphatic heterocycles. The molecule has 2 rings (SSSR count). The Kier molecular flexibility index (Phi) is 3.79. The van der Waals surface area contributed by atoms with Gasteiger partial charge < -0.3 is 10.3 Å². The van der Waals surface area contributed by atoms with Gasteiger partial charge in [0.05, 0.1) is 6.20 Å². The lowest BCUT2D eigenvalue weighted by Crippen LogP contribution is -2.31. The molecule has 0 aliphatic rings. The minimum absolute atomic E-state index is 0.136. The monoisotopic (exact) mass is 260 g/mol. The van der Waals surface area contributed by atoms with Crippen molar-refractivity contribution in [1.29, 1.82) is 0 Å². The Morgan fingerprint density at radius 3 is 2.89 bits per heavy atom. The third-order valence-corrected chi connectivity index (χ3v) is 2.76. The van der Waals surface area contributed by atoms with Crippen molar-refractivity contribution in [2.45, 2.75) is 13.3 Å². The fourth-order valence-electron chi connectivity index (χ4n) is 1.77. The molecule has 0 radical (unpaired) electrons. The molecule has 6 nitrogen and oxygen atoms in total. The van der Waals surface area contributed by atoms with Gasteiger partial charge in [0.1, 0.15) is 5.56 Å². The van der Waals surface area contributed by atoms with Crippen molar-refractivity contribution in [2.24, 2.45) is 7.05 Å². The molecule has 0 aliphatic carbocycles. The van der Waals surface area contributed by atoms with Gasteiger partial charge in [-0.2, -0.15) is 5.10 Å². The van der Waals surface area contributed by atoms with Crippen LogP contribution in [-0.2, 0) is 13.5 Å². The number of hydrogen-bond donors (Lipinski definition) is 2. The summed E-state index contributed by atoms with van der Waals surface area (Å²) < 4.78 is 1.71. The van der Waals surface area contributed by atoms with Gasteiger partial charge in [-0.15, -0.1) is 0 Å². The minimum atomic E-state index is -0.362. The molecule has 2 N–H and O–H groups in total. The lowest BCUT2D eigenvalue weighted by molar-refractivity contribution is 0.0952. The van der Waals surface area contributed by atoms with Crippen LogP contribution in [0.25, 0.3) is 0 Å². The molecule has 2 aromatic heterocycles. The molecule has 0 unspecified atom stereocenters. The molecule has 100 valence electrons. The van der Waals surface area contributed by atoms with Crippen LogP contribution in [-0.4, -0.2) is 27.2 Å². The van der Waals surface area contributed by atoms with Gasteiger partial charge in [0, 0.05) is 25.5 Å². The maximum absolute atomic E-state index is 11.8. The average Bonchev–Trinajstić information content (AvgIpc) is 2.75. The van der Waals surface area contributed by atoms with Crippen molar-refractivity contribution in [2.75, 3.05) is 6.54 Å². The van der Waals surface area contributed by atoms with E-state index in [4.69, 9.17) is 0 Å². The number of nitrogens with one attached hydrogen (secondary N) is 2. The summed E-state index contributed by atoms with van der Waals surface area (Å²) in [6, 6.07) is 3.24. The van der Waals surface area contributed by atoms with Gasteiger partial charge >= 0.3 is 0 Å². The molecule has 2 heterocycles. The Morgan fingerprint density at radius 1 is 1.47 bits per heavy atom. The fraction of sp³-hybridized carbons (Fsp3) is 0.308. The minimum Gasteiger partial charge on any atom is -0.352 e. The molecule has 0 bridgehead atoms. The Hall–Kier alpha value is -2.37. The van der Waals surface area contributed by atoms with E-state index < -0.39 is 0 Å². The smallest absolute Gasteiger partial charge is 0.260 e. The third-order valence-electron chi connectivity index (χ3n) is 2.76. The topological polar surface area (TPSA) is 79.8 Å². The van der Waals surface area contributed by atoms with Crippen molar-refractivity contribution in [3.63, 3.8) is 0 Å².